The SMILES string of the molecule is COc1ccc(-c2cccc3c2C(=Cc2[nH]c(C)c(C(=O)N4C[C@@H](C)N[C@@H](C)C4)c2C)C(=O)N3)cc1. The number of amides is 2. The number of aromatic nitrogens is 1. The zero-order valence-corrected chi connectivity index (χ0v) is 21.4. The van der Waals surface area contributed by atoms with Gasteiger partial charge in [0, 0.05) is 47.8 Å². The van der Waals surface area contributed by atoms with Crippen molar-refractivity contribution < 1.29 is 14.3 Å². The van der Waals surface area contributed by atoms with Crippen LogP contribution in [0.3, 0.4) is 0 Å². The third-order valence-electron chi connectivity index (χ3n) is 7.05. The fourth-order valence-corrected chi connectivity index (χ4v) is 5.43. The fraction of sp³-hybridized carbons (Fsp3) is 0.310. The zero-order valence-electron chi connectivity index (χ0n) is 21.4. The molecule has 2 amide bonds. The molecule has 186 valence electrons. The summed E-state index contributed by atoms with van der Waals surface area (Å²) in [6.07, 6.45) is 1.87. The highest BCUT2D eigenvalue weighted by atomic mass is 16.5. The second-order valence-corrected chi connectivity index (χ2v) is 9.81. The summed E-state index contributed by atoms with van der Waals surface area (Å²) in [6.45, 7) is 9.40. The average molecular weight is 485 g/mol. The third kappa shape index (κ3) is 4.20. The number of anilines is 1. The van der Waals surface area contributed by atoms with Crippen LogP contribution in [0.5, 0.6) is 5.75 Å². The van der Waals surface area contributed by atoms with Crippen LogP contribution in [0.1, 0.15) is 46.7 Å². The number of hydrogen-bond donors (Lipinski definition) is 3. The van der Waals surface area contributed by atoms with E-state index in [9.17, 15) is 9.59 Å². The predicted molar refractivity (Wildman–Crippen MR) is 143 cm³/mol. The Morgan fingerprint density at radius 3 is 2.42 bits per heavy atom. The van der Waals surface area contributed by atoms with E-state index in [0.717, 1.165) is 45.1 Å². The molecular weight excluding hydrogens is 452 g/mol. The van der Waals surface area contributed by atoms with Crippen LogP contribution in [0.2, 0.25) is 0 Å². The van der Waals surface area contributed by atoms with Crippen LogP contribution in [0.4, 0.5) is 5.69 Å². The van der Waals surface area contributed by atoms with E-state index in [4.69, 9.17) is 4.74 Å². The number of piperazine rings is 1. The van der Waals surface area contributed by atoms with E-state index in [-0.39, 0.29) is 23.9 Å². The lowest BCUT2D eigenvalue weighted by Crippen LogP contribution is -2.55. The van der Waals surface area contributed by atoms with Crippen molar-refractivity contribution in [2.24, 2.45) is 0 Å². The summed E-state index contributed by atoms with van der Waals surface area (Å²) in [6, 6.07) is 14.2. The molecule has 1 saturated heterocycles. The van der Waals surface area contributed by atoms with Crippen LogP contribution < -0.4 is 15.4 Å². The molecule has 0 saturated carbocycles. The quantitative estimate of drug-likeness (QED) is 0.472. The zero-order chi connectivity index (χ0) is 25.6. The van der Waals surface area contributed by atoms with Crippen molar-refractivity contribution in [2.45, 2.75) is 39.8 Å². The molecule has 0 radical (unpaired) electrons. The van der Waals surface area contributed by atoms with Crippen LogP contribution in [-0.2, 0) is 4.79 Å². The van der Waals surface area contributed by atoms with Crippen molar-refractivity contribution >= 4 is 29.2 Å². The van der Waals surface area contributed by atoms with Crippen LogP contribution in [0, 0.1) is 13.8 Å². The maximum absolute atomic E-state index is 13.5. The van der Waals surface area contributed by atoms with Gasteiger partial charge >= 0.3 is 0 Å². The number of methoxy groups -OCH3 is 1. The van der Waals surface area contributed by atoms with Crippen molar-refractivity contribution in [3.63, 3.8) is 0 Å². The first-order valence-corrected chi connectivity index (χ1v) is 12.3. The summed E-state index contributed by atoms with van der Waals surface area (Å²) >= 11 is 0. The molecule has 7 heteroatoms. The molecule has 0 spiro atoms. The molecule has 0 bridgehead atoms. The minimum atomic E-state index is -0.157. The number of carbonyl (C=O) groups excluding carboxylic acids is 2. The molecule has 3 N–H and O–H groups in total. The number of H-pyrrole nitrogens is 1. The van der Waals surface area contributed by atoms with Gasteiger partial charge in [0.1, 0.15) is 5.75 Å². The molecule has 5 rings (SSSR count). The highest BCUT2D eigenvalue weighted by Crippen LogP contribution is 2.41. The predicted octanol–water partition coefficient (Wildman–Crippen LogP) is 4.62. The number of ether oxygens (including phenoxy) is 1. The summed E-state index contributed by atoms with van der Waals surface area (Å²) in [5.74, 6) is 0.649. The van der Waals surface area contributed by atoms with Crippen LogP contribution in [0.15, 0.2) is 42.5 Å². The summed E-state index contributed by atoms with van der Waals surface area (Å²) in [4.78, 5) is 31.9. The molecule has 2 aliphatic rings. The van der Waals surface area contributed by atoms with Crippen molar-refractivity contribution in [1.82, 2.24) is 15.2 Å². The number of rotatable bonds is 4. The topological polar surface area (TPSA) is 86.5 Å². The monoisotopic (exact) mass is 484 g/mol. The van der Waals surface area contributed by atoms with E-state index in [0.29, 0.717) is 24.2 Å². The van der Waals surface area contributed by atoms with Gasteiger partial charge in [0.05, 0.1) is 18.2 Å². The summed E-state index contributed by atoms with van der Waals surface area (Å²) in [5, 5.41) is 6.47. The molecule has 0 aliphatic carbocycles. The van der Waals surface area contributed by atoms with Crippen molar-refractivity contribution in [1.29, 1.82) is 0 Å². The van der Waals surface area contributed by atoms with Crippen LogP contribution >= 0.6 is 0 Å². The second-order valence-electron chi connectivity index (χ2n) is 9.81. The van der Waals surface area contributed by atoms with Crippen molar-refractivity contribution in [3.8, 4) is 16.9 Å². The Kier molecular flexibility index (Phi) is 6.18. The standard InChI is InChI=1S/C29H32N4O3/c1-16-14-33(15-17(2)30-16)29(35)26-18(3)25(31-19(26)4)13-23-27-22(7-6-8-24(27)32-28(23)34)20-9-11-21(36-5)12-10-20/h6-13,16-17,30-31H,14-15H2,1-5H3,(H,32,34)/t16-,17+. The Morgan fingerprint density at radius 2 is 1.75 bits per heavy atom. The lowest BCUT2D eigenvalue weighted by Gasteiger charge is -2.36. The first kappa shape index (κ1) is 23.9. The molecule has 7 nitrogen and oxygen atoms in total. The first-order chi connectivity index (χ1) is 17.3. The van der Waals surface area contributed by atoms with Gasteiger partial charge in [0.25, 0.3) is 11.8 Å². The minimum Gasteiger partial charge on any atom is -0.497 e. The largest absolute Gasteiger partial charge is 0.497 e. The molecule has 3 heterocycles. The van der Waals surface area contributed by atoms with Gasteiger partial charge in [-0.3, -0.25) is 9.59 Å². The van der Waals surface area contributed by atoms with E-state index in [1.165, 1.54) is 0 Å². The molecule has 0 unspecified atom stereocenters. The van der Waals surface area contributed by atoms with E-state index in [1.54, 1.807) is 7.11 Å². The maximum Gasteiger partial charge on any atom is 0.256 e. The lowest BCUT2D eigenvalue weighted by atomic mass is 9.94. The van der Waals surface area contributed by atoms with Crippen molar-refractivity contribution in [2.75, 3.05) is 25.5 Å². The summed E-state index contributed by atoms with van der Waals surface area (Å²) < 4.78 is 5.30. The van der Waals surface area contributed by atoms with Gasteiger partial charge in [-0.1, -0.05) is 24.3 Å². The minimum absolute atomic E-state index is 0.0290. The van der Waals surface area contributed by atoms with Gasteiger partial charge in [-0.15, -0.1) is 0 Å². The highest BCUT2D eigenvalue weighted by Gasteiger charge is 2.31. The van der Waals surface area contributed by atoms with Crippen molar-refractivity contribution in [3.05, 3.63) is 70.5 Å². The molecule has 2 aromatic carbocycles. The number of benzene rings is 2. The third-order valence-corrected chi connectivity index (χ3v) is 7.05. The molecule has 2 aliphatic heterocycles. The van der Waals surface area contributed by atoms with Crippen LogP contribution in [0.25, 0.3) is 22.8 Å². The Hall–Kier alpha value is -3.84. The number of nitrogens with one attached hydrogen (secondary N) is 3. The van der Waals surface area contributed by atoms with Gasteiger partial charge in [-0.05, 0) is 68.7 Å². The van der Waals surface area contributed by atoms with E-state index >= 15 is 0 Å². The number of aromatic amines is 1. The van der Waals surface area contributed by atoms with Gasteiger partial charge in [0.15, 0.2) is 0 Å². The average Bonchev–Trinajstić information content (AvgIpc) is 3.32. The summed E-state index contributed by atoms with van der Waals surface area (Å²) in [5.41, 5.74) is 7.28. The number of hydrogen-bond acceptors (Lipinski definition) is 4. The number of nitrogens with zero attached hydrogens (tertiary/aromatic N) is 1. The van der Waals surface area contributed by atoms with Gasteiger partial charge in [-0.2, -0.15) is 0 Å². The first-order valence-electron chi connectivity index (χ1n) is 12.3. The smallest absolute Gasteiger partial charge is 0.256 e. The summed E-state index contributed by atoms with van der Waals surface area (Å²) in [7, 11) is 1.64. The normalized spacial score (nSPS) is 20.4. The molecule has 36 heavy (non-hydrogen) atoms. The Balaban J connectivity index is 1.54. The Labute approximate surface area is 211 Å². The number of aryl methyl sites for hydroxylation is 1. The fourth-order valence-electron chi connectivity index (χ4n) is 5.43. The van der Waals surface area contributed by atoms with Gasteiger partial charge < -0.3 is 25.3 Å². The van der Waals surface area contributed by atoms with E-state index < -0.39 is 0 Å². The Morgan fingerprint density at radius 1 is 1.06 bits per heavy atom. The van der Waals surface area contributed by atoms with E-state index in [2.05, 4.69) is 29.5 Å². The highest BCUT2D eigenvalue weighted by molar-refractivity contribution is 6.36. The second kappa shape index (κ2) is 9.32. The number of carbonyl (C=O) groups is 2. The van der Waals surface area contributed by atoms with E-state index in [1.807, 2.05) is 67.3 Å². The lowest BCUT2D eigenvalue weighted by molar-refractivity contribution is -0.110. The molecule has 1 fully saturated rings. The van der Waals surface area contributed by atoms with Crippen LogP contribution in [-0.4, -0.2) is 54.0 Å². The molecule has 3 aromatic rings. The molecule has 1 aromatic heterocycles. The molecule has 2 atom stereocenters. The van der Waals surface area contributed by atoms with Gasteiger partial charge in [0.2, 0.25) is 0 Å². The maximum atomic E-state index is 13.5. The Bertz CT molecular complexity index is 1360. The van der Waals surface area contributed by atoms with Gasteiger partial charge in [-0.25, -0.2) is 0 Å². The number of fused-ring (bicyclic) bond motifs is 1. The molecular formula is C29H32N4O3.